The molecule has 0 saturated heterocycles. The van der Waals surface area contributed by atoms with E-state index in [9.17, 15) is 9.59 Å². The number of esters is 1. The Bertz CT molecular complexity index is 1350. The number of ether oxygens (including phenoxy) is 3. The van der Waals surface area contributed by atoms with Gasteiger partial charge in [-0.05, 0) is 55.5 Å². The maximum absolute atomic E-state index is 13.4. The van der Waals surface area contributed by atoms with Gasteiger partial charge in [-0.15, -0.1) is 0 Å². The van der Waals surface area contributed by atoms with E-state index in [1.165, 1.54) is 14.2 Å². The molecule has 1 heterocycles. The van der Waals surface area contributed by atoms with Crippen molar-refractivity contribution < 1.29 is 23.4 Å². The zero-order valence-corrected chi connectivity index (χ0v) is 18.4. The van der Waals surface area contributed by atoms with Gasteiger partial charge < -0.3 is 18.6 Å². The largest absolute Gasteiger partial charge is 0.496 e. The summed E-state index contributed by atoms with van der Waals surface area (Å²) < 4.78 is 22.3. The maximum Gasteiger partial charge on any atom is 0.351 e. The van der Waals surface area contributed by atoms with Gasteiger partial charge in [0.05, 0.1) is 19.6 Å². The van der Waals surface area contributed by atoms with Crippen LogP contribution in [-0.4, -0.2) is 20.2 Å². The molecular formula is C25H19ClO6. The van der Waals surface area contributed by atoms with Gasteiger partial charge in [0, 0.05) is 10.6 Å². The fraction of sp³-hybridized carbons (Fsp3) is 0.120. The summed E-state index contributed by atoms with van der Waals surface area (Å²) >= 11 is 6.01. The van der Waals surface area contributed by atoms with Crippen molar-refractivity contribution in [3.63, 3.8) is 0 Å². The number of carbonyl (C=O) groups is 1. The Morgan fingerprint density at radius 2 is 1.59 bits per heavy atom. The van der Waals surface area contributed by atoms with Gasteiger partial charge in [0.1, 0.15) is 22.6 Å². The summed E-state index contributed by atoms with van der Waals surface area (Å²) in [6.07, 6.45) is 0. The van der Waals surface area contributed by atoms with Crippen molar-refractivity contribution in [1.82, 2.24) is 0 Å². The molecule has 0 aliphatic heterocycles. The second-order valence-electron chi connectivity index (χ2n) is 7.02. The SMILES string of the molecule is COc1cccc(OC)c1C(=O)Oc1c(-c2ccc(Cl)cc2)oc2ccc(C)cc2c1=O. The van der Waals surface area contributed by atoms with E-state index in [4.69, 9.17) is 30.2 Å². The molecule has 0 aliphatic carbocycles. The fourth-order valence-electron chi connectivity index (χ4n) is 3.37. The van der Waals surface area contributed by atoms with Crippen LogP contribution in [0.25, 0.3) is 22.3 Å². The average Bonchev–Trinajstić information content (AvgIpc) is 2.81. The molecule has 6 nitrogen and oxygen atoms in total. The zero-order chi connectivity index (χ0) is 22.8. The van der Waals surface area contributed by atoms with E-state index >= 15 is 0 Å². The van der Waals surface area contributed by atoms with Crippen molar-refractivity contribution in [3.8, 4) is 28.6 Å². The molecule has 0 N–H and O–H groups in total. The second kappa shape index (κ2) is 8.77. The van der Waals surface area contributed by atoms with Crippen molar-refractivity contribution in [2.75, 3.05) is 14.2 Å². The van der Waals surface area contributed by atoms with Crippen LogP contribution in [0.1, 0.15) is 15.9 Å². The number of halogens is 1. The van der Waals surface area contributed by atoms with Gasteiger partial charge in [-0.2, -0.15) is 0 Å². The highest BCUT2D eigenvalue weighted by molar-refractivity contribution is 6.30. The van der Waals surface area contributed by atoms with E-state index < -0.39 is 11.4 Å². The summed E-state index contributed by atoms with van der Waals surface area (Å²) in [5, 5.41) is 0.822. The zero-order valence-electron chi connectivity index (χ0n) is 17.6. The molecule has 0 amide bonds. The summed E-state index contributed by atoms with van der Waals surface area (Å²) in [6, 6.07) is 16.8. The Morgan fingerprint density at radius 1 is 0.938 bits per heavy atom. The van der Waals surface area contributed by atoms with E-state index in [1.807, 2.05) is 13.0 Å². The molecule has 4 aromatic rings. The number of rotatable bonds is 5. The molecule has 0 aliphatic rings. The lowest BCUT2D eigenvalue weighted by Crippen LogP contribution is -2.18. The number of aryl methyl sites for hydroxylation is 1. The quantitative estimate of drug-likeness (QED) is 0.365. The van der Waals surface area contributed by atoms with Gasteiger partial charge in [0.25, 0.3) is 0 Å². The summed E-state index contributed by atoms with van der Waals surface area (Å²) in [7, 11) is 2.86. The first kappa shape index (κ1) is 21.5. The molecule has 7 heteroatoms. The number of methoxy groups -OCH3 is 2. The highest BCUT2D eigenvalue weighted by atomic mass is 35.5. The van der Waals surface area contributed by atoms with E-state index in [-0.39, 0.29) is 28.6 Å². The van der Waals surface area contributed by atoms with Gasteiger partial charge in [-0.3, -0.25) is 4.79 Å². The molecule has 162 valence electrons. The molecule has 0 spiro atoms. The molecule has 1 aromatic heterocycles. The third kappa shape index (κ3) is 3.92. The molecule has 0 fully saturated rings. The Labute approximate surface area is 188 Å². The standard InChI is InChI=1S/C25H19ClO6/c1-14-7-12-18-17(13-14)22(27)24(23(31-18)15-8-10-16(26)11-9-15)32-25(28)21-19(29-2)5-4-6-20(21)30-3/h4-13H,1-3H3. The number of hydrogen-bond acceptors (Lipinski definition) is 6. The van der Waals surface area contributed by atoms with Crippen molar-refractivity contribution in [2.45, 2.75) is 6.92 Å². The molecule has 0 saturated carbocycles. The van der Waals surface area contributed by atoms with E-state index in [2.05, 4.69) is 0 Å². The third-order valence-corrected chi connectivity index (χ3v) is 5.19. The van der Waals surface area contributed by atoms with Crippen LogP contribution >= 0.6 is 11.6 Å². The van der Waals surface area contributed by atoms with Crippen molar-refractivity contribution in [3.05, 3.63) is 87.0 Å². The van der Waals surface area contributed by atoms with Crippen LogP contribution in [0.15, 0.2) is 69.9 Å². The number of carbonyl (C=O) groups excluding carboxylic acids is 1. The summed E-state index contributed by atoms with van der Waals surface area (Å²) in [5.74, 6) is -0.422. The first-order chi connectivity index (χ1) is 15.4. The minimum absolute atomic E-state index is 0.0586. The highest BCUT2D eigenvalue weighted by Crippen LogP contribution is 2.34. The Hall–Kier alpha value is -3.77. The monoisotopic (exact) mass is 450 g/mol. The third-order valence-electron chi connectivity index (χ3n) is 4.94. The van der Waals surface area contributed by atoms with E-state index in [0.29, 0.717) is 21.6 Å². The van der Waals surface area contributed by atoms with Crippen molar-refractivity contribution in [1.29, 1.82) is 0 Å². The maximum atomic E-state index is 13.4. The molecule has 32 heavy (non-hydrogen) atoms. The summed E-state index contributed by atoms with van der Waals surface area (Å²) in [5.41, 5.74) is 1.36. The van der Waals surface area contributed by atoms with Crippen LogP contribution < -0.4 is 19.6 Å². The van der Waals surface area contributed by atoms with E-state index in [1.54, 1.807) is 54.6 Å². The first-order valence-corrected chi connectivity index (χ1v) is 10.1. The number of hydrogen-bond donors (Lipinski definition) is 0. The lowest BCUT2D eigenvalue weighted by molar-refractivity contribution is 0.0724. The topological polar surface area (TPSA) is 75.0 Å². The number of fused-ring (bicyclic) bond motifs is 1. The smallest absolute Gasteiger partial charge is 0.351 e. The lowest BCUT2D eigenvalue weighted by atomic mass is 10.1. The van der Waals surface area contributed by atoms with Crippen molar-refractivity contribution >= 4 is 28.5 Å². The number of benzene rings is 3. The lowest BCUT2D eigenvalue weighted by Gasteiger charge is -2.14. The molecule has 0 radical (unpaired) electrons. The minimum atomic E-state index is -0.811. The molecular weight excluding hydrogens is 432 g/mol. The predicted molar refractivity (Wildman–Crippen MR) is 122 cm³/mol. The summed E-state index contributed by atoms with van der Waals surface area (Å²) in [4.78, 5) is 26.6. The Kier molecular flexibility index (Phi) is 5.88. The van der Waals surface area contributed by atoms with Crippen LogP contribution in [-0.2, 0) is 0 Å². The van der Waals surface area contributed by atoms with Crippen LogP contribution in [0, 0.1) is 6.92 Å². The van der Waals surface area contributed by atoms with Crippen LogP contribution in [0.2, 0.25) is 5.02 Å². The van der Waals surface area contributed by atoms with Gasteiger partial charge in [-0.25, -0.2) is 4.79 Å². The molecule has 0 unspecified atom stereocenters. The van der Waals surface area contributed by atoms with Crippen LogP contribution in [0.4, 0.5) is 0 Å². The average molecular weight is 451 g/mol. The van der Waals surface area contributed by atoms with Gasteiger partial charge in [-0.1, -0.05) is 29.3 Å². The van der Waals surface area contributed by atoms with Crippen molar-refractivity contribution in [2.24, 2.45) is 0 Å². The molecule has 0 bridgehead atoms. The minimum Gasteiger partial charge on any atom is -0.496 e. The van der Waals surface area contributed by atoms with Gasteiger partial charge >= 0.3 is 5.97 Å². The summed E-state index contributed by atoms with van der Waals surface area (Å²) in [6.45, 7) is 1.86. The van der Waals surface area contributed by atoms with Crippen LogP contribution in [0.3, 0.4) is 0 Å². The van der Waals surface area contributed by atoms with Gasteiger partial charge in [0.2, 0.25) is 11.2 Å². The molecule has 3 aromatic carbocycles. The Morgan fingerprint density at radius 3 is 2.22 bits per heavy atom. The molecule has 4 rings (SSSR count). The predicted octanol–water partition coefficient (Wildman–Crippen LogP) is 5.66. The van der Waals surface area contributed by atoms with Gasteiger partial charge in [0.15, 0.2) is 5.76 Å². The highest BCUT2D eigenvalue weighted by Gasteiger charge is 2.25. The first-order valence-electron chi connectivity index (χ1n) is 9.69. The Balaban J connectivity index is 1.92. The van der Waals surface area contributed by atoms with Crippen LogP contribution in [0.5, 0.6) is 17.2 Å². The second-order valence-corrected chi connectivity index (χ2v) is 7.46. The normalized spacial score (nSPS) is 10.8. The van der Waals surface area contributed by atoms with E-state index in [0.717, 1.165) is 5.56 Å². The molecule has 0 atom stereocenters. The fourth-order valence-corrected chi connectivity index (χ4v) is 3.50.